The summed E-state index contributed by atoms with van der Waals surface area (Å²) in [5, 5.41) is 0. The molecule has 0 N–H and O–H groups in total. The van der Waals surface area contributed by atoms with Gasteiger partial charge in [0, 0.05) is 12.8 Å². The molecule has 0 aromatic heterocycles. The first-order valence-corrected chi connectivity index (χ1v) is 11.5. The van der Waals surface area contributed by atoms with E-state index < -0.39 is 5.92 Å². The van der Waals surface area contributed by atoms with Crippen LogP contribution >= 0.6 is 0 Å². The molecule has 160 valence electrons. The van der Waals surface area contributed by atoms with Gasteiger partial charge in [-0.1, -0.05) is 69.0 Å². The number of ether oxygens (including phenoxy) is 1. The summed E-state index contributed by atoms with van der Waals surface area (Å²) in [5.41, 5.74) is 3.21. The van der Waals surface area contributed by atoms with Gasteiger partial charge >= 0.3 is 0 Å². The van der Waals surface area contributed by atoms with E-state index in [2.05, 4.69) is 6.92 Å². The SMILES string of the molecule is CCCCCC1CCC(C(=O)Cc2ccc(-c3ccc(OCC)cc3)cc2)C(=O)C1. The third-order valence-electron chi connectivity index (χ3n) is 6.18. The Hall–Kier alpha value is -2.42. The average molecular weight is 407 g/mol. The zero-order valence-corrected chi connectivity index (χ0v) is 18.4. The van der Waals surface area contributed by atoms with Crippen molar-refractivity contribution in [1.82, 2.24) is 0 Å². The molecular weight excluding hydrogens is 372 g/mol. The van der Waals surface area contributed by atoms with Crippen LogP contribution in [0.4, 0.5) is 0 Å². The van der Waals surface area contributed by atoms with Gasteiger partial charge in [-0.25, -0.2) is 0 Å². The second kappa shape index (κ2) is 11.1. The van der Waals surface area contributed by atoms with Gasteiger partial charge in [-0.3, -0.25) is 9.59 Å². The molecule has 0 heterocycles. The molecule has 2 atom stereocenters. The number of Topliss-reactive ketones (excluding diaryl/α,β-unsaturated/α-hetero) is 2. The number of ketones is 2. The summed E-state index contributed by atoms with van der Waals surface area (Å²) in [7, 11) is 0. The molecule has 2 aromatic rings. The first-order valence-electron chi connectivity index (χ1n) is 11.5. The van der Waals surface area contributed by atoms with E-state index in [1.54, 1.807) is 0 Å². The molecule has 0 bridgehead atoms. The van der Waals surface area contributed by atoms with Crippen LogP contribution in [0.5, 0.6) is 5.75 Å². The van der Waals surface area contributed by atoms with Gasteiger partial charge in [-0.15, -0.1) is 0 Å². The van der Waals surface area contributed by atoms with Crippen LogP contribution < -0.4 is 4.74 Å². The highest BCUT2D eigenvalue weighted by atomic mass is 16.5. The third-order valence-corrected chi connectivity index (χ3v) is 6.18. The van der Waals surface area contributed by atoms with Crippen molar-refractivity contribution in [2.75, 3.05) is 6.61 Å². The van der Waals surface area contributed by atoms with E-state index in [1.807, 2.05) is 55.5 Å². The first kappa shape index (κ1) is 22.3. The Bertz CT molecular complexity index is 820. The van der Waals surface area contributed by atoms with Crippen LogP contribution in [-0.4, -0.2) is 18.2 Å². The lowest BCUT2D eigenvalue weighted by Gasteiger charge is -2.26. The number of rotatable bonds is 10. The van der Waals surface area contributed by atoms with Crippen molar-refractivity contribution in [2.45, 2.75) is 65.2 Å². The molecule has 2 aromatic carbocycles. The Balaban J connectivity index is 1.54. The van der Waals surface area contributed by atoms with Crippen molar-refractivity contribution in [3.05, 3.63) is 54.1 Å². The highest BCUT2D eigenvalue weighted by molar-refractivity contribution is 6.03. The monoisotopic (exact) mass is 406 g/mol. The molecule has 1 saturated carbocycles. The summed E-state index contributed by atoms with van der Waals surface area (Å²) in [4.78, 5) is 25.3. The van der Waals surface area contributed by atoms with Crippen LogP contribution in [0.25, 0.3) is 11.1 Å². The zero-order chi connectivity index (χ0) is 21.3. The molecule has 3 heteroatoms. The number of carbonyl (C=O) groups is 2. The predicted octanol–water partition coefficient (Wildman–Crippen LogP) is 6.43. The van der Waals surface area contributed by atoms with Crippen LogP contribution in [0.15, 0.2) is 48.5 Å². The van der Waals surface area contributed by atoms with Crippen molar-refractivity contribution >= 4 is 11.6 Å². The quantitative estimate of drug-likeness (QED) is 0.337. The molecule has 2 unspecified atom stereocenters. The lowest BCUT2D eigenvalue weighted by molar-refractivity contribution is -0.135. The number of benzene rings is 2. The van der Waals surface area contributed by atoms with E-state index in [0.29, 0.717) is 25.4 Å². The number of hydrogen-bond acceptors (Lipinski definition) is 3. The van der Waals surface area contributed by atoms with Crippen molar-refractivity contribution in [3.63, 3.8) is 0 Å². The standard InChI is InChI=1S/C27H34O3/c1-3-5-6-7-20-10-17-25(26(28)18-20)27(29)19-21-8-11-22(12-9-21)23-13-15-24(16-14-23)30-4-2/h8-9,11-16,20,25H,3-7,10,17-19H2,1-2H3. The van der Waals surface area contributed by atoms with Gasteiger partial charge in [0.2, 0.25) is 0 Å². The van der Waals surface area contributed by atoms with Gasteiger partial charge in [-0.2, -0.15) is 0 Å². The summed E-state index contributed by atoms with van der Waals surface area (Å²) >= 11 is 0. The Morgan fingerprint density at radius 2 is 1.60 bits per heavy atom. The van der Waals surface area contributed by atoms with Gasteiger partial charge in [0.25, 0.3) is 0 Å². The summed E-state index contributed by atoms with van der Waals surface area (Å²) in [5.74, 6) is 1.22. The van der Waals surface area contributed by atoms with Gasteiger partial charge in [-0.05, 0) is 54.5 Å². The lowest BCUT2D eigenvalue weighted by atomic mass is 9.76. The van der Waals surface area contributed by atoms with Crippen molar-refractivity contribution in [3.8, 4) is 16.9 Å². The van der Waals surface area contributed by atoms with Crippen LogP contribution in [0.3, 0.4) is 0 Å². The average Bonchev–Trinajstić information content (AvgIpc) is 2.75. The van der Waals surface area contributed by atoms with Crippen LogP contribution in [0.2, 0.25) is 0 Å². The second-order valence-electron chi connectivity index (χ2n) is 8.46. The highest BCUT2D eigenvalue weighted by Gasteiger charge is 2.32. The van der Waals surface area contributed by atoms with Crippen molar-refractivity contribution in [1.29, 1.82) is 0 Å². The molecule has 0 aliphatic heterocycles. The minimum atomic E-state index is -0.391. The molecule has 3 rings (SSSR count). The molecular formula is C27H34O3. The Morgan fingerprint density at radius 1 is 0.933 bits per heavy atom. The fourth-order valence-corrected chi connectivity index (χ4v) is 4.41. The Kier molecular flexibility index (Phi) is 8.24. The first-order chi connectivity index (χ1) is 14.6. The van der Waals surface area contributed by atoms with E-state index in [0.717, 1.165) is 41.7 Å². The van der Waals surface area contributed by atoms with Crippen molar-refractivity contribution < 1.29 is 14.3 Å². The molecule has 0 amide bonds. The largest absolute Gasteiger partial charge is 0.494 e. The second-order valence-corrected chi connectivity index (χ2v) is 8.46. The Labute approximate surface area is 180 Å². The van der Waals surface area contributed by atoms with E-state index in [-0.39, 0.29) is 11.6 Å². The summed E-state index contributed by atoms with van der Waals surface area (Å²) in [6.45, 7) is 4.83. The van der Waals surface area contributed by atoms with E-state index in [9.17, 15) is 9.59 Å². The highest BCUT2D eigenvalue weighted by Crippen LogP contribution is 2.31. The molecule has 0 saturated heterocycles. The molecule has 3 nitrogen and oxygen atoms in total. The molecule has 1 aliphatic rings. The summed E-state index contributed by atoms with van der Waals surface area (Å²) < 4.78 is 5.49. The van der Waals surface area contributed by atoms with Gasteiger partial charge < -0.3 is 4.74 Å². The van der Waals surface area contributed by atoms with Crippen LogP contribution in [0, 0.1) is 11.8 Å². The third kappa shape index (κ3) is 6.04. The smallest absolute Gasteiger partial charge is 0.147 e. The Morgan fingerprint density at radius 3 is 2.20 bits per heavy atom. The lowest BCUT2D eigenvalue weighted by Crippen LogP contribution is -2.32. The van der Waals surface area contributed by atoms with Crippen LogP contribution in [0.1, 0.15) is 64.4 Å². The fraction of sp³-hybridized carbons (Fsp3) is 0.481. The fourth-order valence-electron chi connectivity index (χ4n) is 4.41. The van der Waals surface area contributed by atoms with Gasteiger partial charge in [0.1, 0.15) is 17.3 Å². The van der Waals surface area contributed by atoms with Crippen LogP contribution in [-0.2, 0) is 16.0 Å². The summed E-state index contributed by atoms with van der Waals surface area (Å²) in [6, 6.07) is 16.1. The van der Waals surface area contributed by atoms with E-state index >= 15 is 0 Å². The predicted molar refractivity (Wildman–Crippen MR) is 122 cm³/mol. The van der Waals surface area contributed by atoms with Gasteiger partial charge in [0.15, 0.2) is 0 Å². The maximum absolute atomic E-state index is 12.8. The van der Waals surface area contributed by atoms with Crippen molar-refractivity contribution in [2.24, 2.45) is 11.8 Å². The number of unbranched alkanes of at least 4 members (excludes halogenated alkanes) is 2. The maximum atomic E-state index is 12.8. The van der Waals surface area contributed by atoms with E-state index in [4.69, 9.17) is 4.74 Å². The topological polar surface area (TPSA) is 43.4 Å². The zero-order valence-electron chi connectivity index (χ0n) is 18.4. The number of hydrogen-bond donors (Lipinski definition) is 0. The minimum Gasteiger partial charge on any atom is -0.494 e. The van der Waals surface area contributed by atoms with E-state index in [1.165, 1.54) is 19.3 Å². The van der Waals surface area contributed by atoms with Gasteiger partial charge in [0.05, 0.1) is 12.5 Å². The minimum absolute atomic E-state index is 0.0841. The number of carbonyl (C=O) groups excluding carboxylic acids is 2. The molecule has 1 fully saturated rings. The normalized spacial score (nSPS) is 18.9. The molecule has 0 spiro atoms. The maximum Gasteiger partial charge on any atom is 0.147 e. The molecule has 30 heavy (non-hydrogen) atoms. The molecule has 0 radical (unpaired) electrons. The summed E-state index contributed by atoms with van der Waals surface area (Å²) in [6.07, 6.45) is 7.47. The molecule has 1 aliphatic carbocycles.